The number of rotatable bonds is 5. The van der Waals surface area contributed by atoms with Gasteiger partial charge in [0.2, 0.25) is 0 Å². The van der Waals surface area contributed by atoms with Crippen LogP contribution in [0.2, 0.25) is 0 Å². The van der Waals surface area contributed by atoms with Gasteiger partial charge in [0, 0.05) is 18.2 Å². The molecule has 0 radical (unpaired) electrons. The van der Waals surface area contributed by atoms with Crippen LogP contribution < -0.4 is 5.32 Å². The fourth-order valence-corrected chi connectivity index (χ4v) is 2.92. The Kier molecular flexibility index (Phi) is 5.25. The molecule has 0 saturated carbocycles. The summed E-state index contributed by atoms with van der Waals surface area (Å²) in [5.41, 5.74) is 2.34. The Bertz CT molecular complexity index is 792. The lowest BCUT2D eigenvalue weighted by Gasteiger charge is -2.31. The largest absolute Gasteiger partial charge is 0.480 e. The van der Waals surface area contributed by atoms with E-state index in [-0.39, 0.29) is 18.6 Å². The number of carbonyl (C=O) groups excluding carboxylic acids is 1. The van der Waals surface area contributed by atoms with Gasteiger partial charge in [-0.05, 0) is 31.5 Å². The van der Waals surface area contributed by atoms with Crippen molar-refractivity contribution < 1.29 is 24.2 Å². The highest BCUT2D eigenvalue weighted by atomic mass is 16.5. The maximum atomic E-state index is 12.8. The minimum atomic E-state index is -1.05. The van der Waals surface area contributed by atoms with Gasteiger partial charge in [-0.1, -0.05) is 11.6 Å². The number of carbonyl (C=O) groups is 2. The molecule has 0 bridgehead atoms. The Hall–Kier alpha value is -2.51. The van der Waals surface area contributed by atoms with Crippen molar-refractivity contribution >= 4 is 22.8 Å². The van der Waals surface area contributed by atoms with E-state index in [0.717, 1.165) is 16.5 Å². The Labute approximate surface area is 145 Å². The molecule has 1 aromatic heterocycles. The van der Waals surface area contributed by atoms with E-state index < -0.39 is 18.7 Å². The number of benzene rings is 1. The summed E-state index contributed by atoms with van der Waals surface area (Å²) in [6, 6.07) is 7.15. The molecule has 2 heterocycles. The molecule has 25 heavy (non-hydrogen) atoms. The lowest BCUT2D eigenvalue weighted by Crippen LogP contribution is -2.50. The third-order valence-electron chi connectivity index (χ3n) is 4.18. The van der Waals surface area contributed by atoms with Gasteiger partial charge in [0.1, 0.15) is 12.7 Å². The molecule has 0 unspecified atom stereocenters. The van der Waals surface area contributed by atoms with Gasteiger partial charge in [0.05, 0.1) is 23.7 Å². The van der Waals surface area contributed by atoms with Crippen LogP contribution in [0.5, 0.6) is 0 Å². The second-order valence-electron chi connectivity index (χ2n) is 6.07. The molecule has 2 aromatic rings. The molecule has 1 fully saturated rings. The topological polar surface area (TPSA) is 97.8 Å². The number of aromatic nitrogens is 1. The highest BCUT2D eigenvalue weighted by molar-refractivity contribution is 6.06. The summed E-state index contributed by atoms with van der Waals surface area (Å²) in [7, 11) is 0. The van der Waals surface area contributed by atoms with Gasteiger partial charge in [-0.25, -0.2) is 4.79 Å². The number of ether oxygens (including phenoxy) is 2. The normalized spacial score (nSPS) is 20.4. The average molecular weight is 344 g/mol. The second kappa shape index (κ2) is 7.58. The summed E-state index contributed by atoms with van der Waals surface area (Å²) in [4.78, 5) is 27.8. The quantitative estimate of drug-likeness (QED) is 0.854. The van der Waals surface area contributed by atoms with Crippen molar-refractivity contribution in [3.8, 4) is 0 Å². The van der Waals surface area contributed by atoms with Crippen LogP contribution in [-0.4, -0.2) is 53.9 Å². The van der Waals surface area contributed by atoms with Crippen LogP contribution in [0.15, 0.2) is 30.5 Å². The van der Waals surface area contributed by atoms with E-state index in [4.69, 9.17) is 14.6 Å². The van der Waals surface area contributed by atoms with Crippen molar-refractivity contribution in [1.29, 1.82) is 0 Å². The molecule has 3 rings (SSSR count). The van der Waals surface area contributed by atoms with Gasteiger partial charge in [-0.3, -0.25) is 9.78 Å². The Morgan fingerprint density at radius 2 is 2.24 bits per heavy atom. The number of hydrogen-bond acceptors (Lipinski definition) is 5. The SMILES string of the molecule is Cc1ccc2nccc(C(=O)N[C@@H]3CCOC[C@H]3OCC(=O)O)c2c1. The van der Waals surface area contributed by atoms with Crippen LogP contribution in [0.25, 0.3) is 10.9 Å². The first-order valence-corrected chi connectivity index (χ1v) is 8.12. The third kappa shape index (κ3) is 4.12. The summed E-state index contributed by atoms with van der Waals surface area (Å²) in [6.07, 6.45) is 1.69. The Morgan fingerprint density at radius 1 is 1.40 bits per heavy atom. The standard InChI is InChI=1S/C18H20N2O5/c1-11-2-3-14-13(8-11)12(4-6-19-14)18(23)20-15-5-7-24-9-16(15)25-10-17(21)22/h2-4,6,8,15-16H,5,7,9-10H2,1H3,(H,20,23)(H,21,22)/t15-,16-/m1/s1. The van der Waals surface area contributed by atoms with Gasteiger partial charge in [-0.2, -0.15) is 0 Å². The zero-order chi connectivity index (χ0) is 17.8. The number of fused-ring (bicyclic) bond motifs is 1. The average Bonchev–Trinajstić information content (AvgIpc) is 2.60. The number of nitrogens with one attached hydrogen (secondary N) is 1. The molecule has 1 aromatic carbocycles. The second-order valence-corrected chi connectivity index (χ2v) is 6.07. The summed E-state index contributed by atoms with van der Waals surface area (Å²) in [5.74, 6) is -1.28. The summed E-state index contributed by atoms with van der Waals surface area (Å²) in [5, 5.41) is 12.5. The molecule has 1 aliphatic rings. The van der Waals surface area contributed by atoms with Gasteiger partial charge in [-0.15, -0.1) is 0 Å². The van der Waals surface area contributed by atoms with E-state index in [9.17, 15) is 9.59 Å². The lowest BCUT2D eigenvalue weighted by molar-refractivity contribution is -0.148. The van der Waals surface area contributed by atoms with Crippen molar-refractivity contribution in [1.82, 2.24) is 10.3 Å². The van der Waals surface area contributed by atoms with Crippen molar-refractivity contribution in [3.05, 3.63) is 41.6 Å². The van der Waals surface area contributed by atoms with Crippen molar-refractivity contribution in [3.63, 3.8) is 0 Å². The van der Waals surface area contributed by atoms with Crippen molar-refractivity contribution in [2.75, 3.05) is 19.8 Å². The summed E-state index contributed by atoms with van der Waals surface area (Å²) < 4.78 is 10.7. The van der Waals surface area contributed by atoms with Crippen LogP contribution in [-0.2, 0) is 14.3 Å². The van der Waals surface area contributed by atoms with Gasteiger partial charge < -0.3 is 19.9 Å². The fraction of sp³-hybridized carbons (Fsp3) is 0.389. The number of carboxylic acid groups (broad SMARTS) is 1. The van der Waals surface area contributed by atoms with Gasteiger partial charge >= 0.3 is 5.97 Å². The predicted octanol–water partition coefficient (Wildman–Crippen LogP) is 1.53. The molecule has 7 nitrogen and oxygen atoms in total. The van der Waals surface area contributed by atoms with Crippen LogP contribution in [0.4, 0.5) is 0 Å². The Morgan fingerprint density at radius 3 is 3.04 bits per heavy atom. The molecule has 2 atom stereocenters. The van der Waals surface area contributed by atoms with Gasteiger partial charge in [0.25, 0.3) is 5.91 Å². The number of hydrogen-bond donors (Lipinski definition) is 2. The van der Waals surface area contributed by atoms with E-state index in [1.165, 1.54) is 0 Å². The molecular formula is C18H20N2O5. The van der Waals surface area contributed by atoms with Crippen molar-refractivity contribution in [2.24, 2.45) is 0 Å². The number of pyridine rings is 1. The summed E-state index contributed by atoms with van der Waals surface area (Å²) in [6.45, 7) is 2.29. The molecule has 0 spiro atoms. The first kappa shape index (κ1) is 17.3. The Balaban J connectivity index is 1.78. The molecule has 2 N–H and O–H groups in total. The zero-order valence-corrected chi connectivity index (χ0v) is 13.9. The highest BCUT2D eigenvalue weighted by Gasteiger charge is 2.29. The van der Waals surface area contributed by atoms with E-state index in [2.05, 4.69) is 10.3 Å². The first-order chi connectivity index (χ1) is 12.0. The maximum Gasteiger partial charge on any atom is 0.329 e. The van der Waals surface area contributed by atoms with Crippen LogP contribution >= 0.6 is 0 Å². The maximum absolute atomic E-state index is 12.8. The highest BCUT2D eigenvalue weighted by Crippen LogP contribution is 2.19. The van der Waals surface area contributed by atoms with Crippen LogP contribution in [0.3, 0.4) is 0 Å². The van der Waals surface area contributed by atoms with E-state index >= 15 is 0 Å². The molecule has 1 amide bonds. The molecule has 7 heteroatoms. The number of amides is 1. The monoisotopic (exact) mass is 344 g/mol. The molecule has 132 valence electrons. The smallest absolute Gasteiger partial charge is 0.329 e. The van der Waals surface area contributed by atoms with E-state index in [0.29, 0.717) is 18.6 Å². The zero-order valence-electron chi connectivity index (χ0n) is 13.9. The first-order valence-electron chi connectivity index (χ1n) is 8.12. The lowest BCUT2D eigenvalue weighted by atomic mass is 10.0. The number of aryl methyl sites for hydroxylation is 1. The number of aliphatic carboxylic acids is 1. The number of nitrogens with zero attached hydrogens (tertiary/aromatic N) is 1. The van der Waals surface area contributed by atoms with Crippen molar-refractivity contribution in [2.45, 2.75) is 25.5 Å². The third-order valence-corrected chi connectivity index (χ3v) is 4.18. The molecule has 0 aliphatic carbocycles. The molecule has 1 saturated heterocycles. The molecule has 1 aliphatic heterocycles. The summed E-state index contributed by atoms with van der Waals surface area (Å²) >= 11 is 0. The van der Waals surface area contributed by atoms with Gasteiger partial charge in [0.15, 0.2) is 0 Å². The van der Waals surface area contributed by atoms with Crippen LogP contribution in [0.1, 0.15) is 22.3 Å². The minimum Gasteiger partial charge on any atom is -0.480 e. The van der Waals surface area contributed by atoms with E-state index in [1.54, 1.807) is 12.3 Å². The molecular weight excluding hydrogens is 324 g/mol. The fourth-order valence-electron chi connectivity index (χ4n) is 2.92. The predicted molar refractivity (Wildman–Crippen MR) is 90.5 cm³/mol. The van der Waals surface area contributed by atoms with E-state index in [1.807, 2.05) is 25.1 Å². The minimum absolute atomic E-state index is 0.228. The van der Waals surface area contributed by atoms with Crippen LogP contribution in [0, 0.1) is 6.92 Å². The number of carboxylic acids is 1.